The molecule has 1 fully saturated rings. The Bertz CT molecular complexity index is 389. The Hall–Kier alpha value is -1.64. The number of carbonyl (C=O) groups is 3. The number of carbonyl (C=O) groups excluding carboxylic acids is 3. The maximum absolute atomic E-state index is 12.0. The Morgan fingerprint density at radius 1 is 1.25 bits per heavy atom. The second-order valence-corrected chi connectivity index (χ2v) is 4.63. The molecule has 1 aliphatic heterocycles. The third-order valence-electron chi connectivity index (χ3n) is 3.16. The van der Waals surface area contributed by atoms with E-state index in [4.69, 9.17) is 5.73 Å². The molecule has 1 amide bonds. The van der Waals surface area contributed by atoms with Crippen molar-refractivity contribution in [2.75, 3.05) is 13.1 Å². The van der Waals surface area contributed by atoms with Gasteiger partial charge < -0.3 is 10.6 Å². The summed E-state index contributed by atoms with van der Waals surface area (Å²) in [5.41, 5.74) is 5.13. The second kappa shape index (κ2) is 6.21. The fraction of sp³-hybridized carbons (Fsp3) is 0.727. The van der Waals surface area contributed by atoms with Crippen molar-refractivity contribution in [3.05, 3.63) is 0 Å². The summed E-state index contributed by atoms with van der Waals surface area (Å²) in [6.45, 7) is 1.28. The average Bonchev–Trinajstić information content (AvgIpc) is 2.29. The highest BCUT2D eigenvalue weighted by Crippen LogP contribution is 2.27. The van der Waals surface area contributed by atoms with Gasteiger partial charge in [0.15, 0.2) is 0 Å². The van der Waals surface area contributed by atoms with Gasteiger partial charge in [-0.05, 0) is 25.7 Å². The number of alkyl halides is 3. The van der Waals surface area contributed by atoms with E-state index in [2.05, 4.69) is 4.84 Å². The van der Waals surface area contributed by atoms with Gasteiger partial charge in [0.25, 0.3) is 0 Å². The van der Waals surface area contributed by atoms with Crippen LogP contribution in [0, 0.1) is 11.8 Å². The van der Waals surface area contributed by atoms with E-state index in [1.165, 1.54) is 6.92 Å². The fourth-order valence-electron chi connectivity index (χ4n) is 2.23. The minimum atomic E-state index is -5.05. The molecule has 2 N–H and O–H groups in total. The minimum Gasteiger partial charge on any atom is -0.369 e. The third-order valence-corrected chi connectivity index (χ3v) is 3.16. The lowest BCUT2D eigenvalue weighted by atomic mass is 9.82. The normalized spacial score (nSPS) is 19.4. The second-order valence-electron chi connectivity index (χ2n) is 4.63. The first-order chi connectivity index (χ1) is 9.12. The van der Waals surface area contributed by atoms with Crippen LogP contribution >= 0.6 is 0 Å². The van der Waals surface area contributed by atoms with Gasteiger partial charge in [-0.1, -0.05) is 0 Å². The van der Waals surface area contributed by atoms with Gasteiger partial charge in [0.05, 0.1) is 5.92 Å². The molecule has 0 saturated carbocycles. The first kappa shape index (κ1) is 16.4. The van der Waals surface area contributed by atoms with Gasteiger partial charge >= 0.3 is 12.1 Å². The first-order valence-corrected chi connectivity index (χ1v) is 5.96. The van der Waals surface area contributed by atoms with E-state index in [-0.39, 0.29) is 37.6 Å². The SMILES string of the molecule is CC(=O)C(C(N)=O)C1CCN(OC(=O)C(F)(F)F)CC1. The van der Waals surface area contributed by atoms with Crippen LogP contribution in [0.3, 0.4) is 0 Å². The molecule has 20 heavy (non-hydrogen) atoms. The van der Waals surface area contributed by atoms with Crippen LogP contribution in [0.15, 0.2) is 0 Å². The predicted octanol–water partition coefficient (Wildman–Crippen LogP) is 0.409. The fourth-order valence-corrected chi connectivity index (χ4v) is 2.23. The Kier molecular flexibility index (Phi) is 5.09. The van der Waals surface area contributed by atoms with E-state index < -0.39 is 24.0 Å². The average molecular weight is 296 g/mol. The quantitative estimate of drug-likeness (QED) is 0.759. The zero-order valence-corrected chi connectivity index (χ0v) is 10.8. The largest absolute Gasteiger partial charge is 0.492 e. The molecule has 1 atom stereocenters. The summed E-state index contributed by atoms with van der Waals surface area (Å²) in [5, 5.41) is 0.879. The Balaban J connectivity index is 2.53. The van der Waals surface area contributed by atoms with Crippen LogP contribution in [0.4, 0.5) is 13.2 Å². The van der Waals surface area contributed by atoms with Gasteiger partial charge in [-0.15, -0.1) is 5.06 Å². The zero-order valence-electron chi connectivity index (χ0n) is 10.8. The van der Waals surface area contributed by atoms with Crippen LogP contribution in [0.1, 0.15) is 19.8 Å². The summed E-state index contributed by atoms with van der Waals surface area (Å²) in [6, 6.07) is 0. The molecule has 1 aliphatic rings. The predicted molar refractivity (Wildman–Crippen MR) is 59.8 cm³/mol. The molecule has 1 saturated heterocycles. The lowest BCUT2D eigenvalue weighted by molar-refractivity contribution is -0.242. The molecule has 0 spiro atoms. The number of amides is 1. The zero-order chi connectivity index (χ0) is 15.5. The van der Waals surface area contributed by atoms with Crippen LogP contribution in [0.5, 0.6) is 0 Å². The number of hydroxylamine groups is 2. The lowest BCUT2D eigenvalue weighted by Crippen LogP contribution is -2.44. The topological polar surface area (TPSA) is 89.7 Å². The highest BCUT2D eigenvalue weighted by molar-refractivity contribution is 5.99. The molecule has 9 heteroatoms. The highest BCUT2D eigenvalue weighted by atomic mass is 19.4. The van der Waals surface area contributed by atoms with E-state index in [0.717, 1.165) is 5.06 Å². The van der Waals surface area contributed by atoms with Crippen molar-refractivity contribution in [3.8, 4) is 0 Å². The number of rotatable bonds is 4. The summed E-state index contributed by atoms with van der Waals surface area (Å²) in [6.07, 6.45) is -4.55. The summed E-state index contributed by atoms with van der Waals surface area (Å²) in [5.74, 6) is -4.69. The van der Waals surface area contributed by atoms with Crippen molar-refractivity contribution in [2.24, 2.45) is 17.6 Å². The van der Waals surface area contributed by atoms with Crippen LogP contribution in [0.2, 0.25) is 0 Å². The van der Waals surface area contributed by atoms with Crippen molar-refractivity contribution in [1.82, 2.24) is 5.06 Å². The van der Waals surface area contributed by atoms with Crippen LogP contribution in [-0.4, -0.2) is 42.0 Å². The Morgan fingerprint density at radius 3 is 2.10 bits per heavy atom. The lowest BCUT2D eigenvalue weighted by Gasteiger charge is -2.32. The van der Waals surface area contributed by atoms with Gasteiger partial charge in [-0.3, -0.25) is 9.59 Å². The van der Waals surface area contributed by atoms with Crippen molar-refractivity contribution < 1.29 is 32.4 Å². The molecular weight excluding hydrogens is 281 g/mol. The monoisotopic (exact) mass is 296 g/mol. The van der Waals surface area contributed by atoms with Crippen molar-refractivity contribution in [3.63, 3.8) is 0 Å². The summed E-state index contributed by atoms with van der Waals surface area (Å²) >= 11 is 0. The van der Waals surface area contributed by atoms with Crippen LogP contribution in [-0.2, 0) is 19.2 Å². The van der Waals surface area contributed by atoms with Crippen LogP contribution < -0.4 is 5.73 Å². The number of hydrogen-bond acceptors (Lipinski definition) is 5. The Labute approximate surface area is 113 Å². The van der Waals surface area contributed by atoms with E-state index >= 15 is 0 Å². The number of piperidine rings is 1. The van der Waals surface area contributed by atoms with E-state index in [1.807, 2.05) is 0 Å². The summed E-state index contributed by atoms with van der Waals surface area (Å²) in [7, 11) is 0. The molecule has 0 aromatic carbocycles. The number of halogens is 3. The molecule has 6 nitrogen and oxygen atoms in total. The van der Waals surface area contributed by atoms with E-state index in [0.29, 0.717) is 0 Å². The number of nitrogens with two attached hydrogens (primary N) is 1. The van der Waals surface area contributed by atoms with Gasteiger partial charge in [-0.2, -0.15) is 13.2 Å². The summed E-state index contributed by atoms with van der Waals surface area (Å²) < 4.78 is 36.0. The van der Waals surface area contributed by atoms with E-state index in [1.54, 1.807) is 0 Å². The molecule has 0 aliphatic carbocycles. The van der Waals surface area contributed by atoms with Gasteiger partial charge in [0.2, 0.25) is 5.91 Å². The third kappa shape index (κ3) is 4.19. The first-order valence-electron chi connectivity index (χ1n) is 5.96. The van der Waals surface area contributed by atoms with Crippen molar-refractivity contribution in [2.45, 2.75) is 25.9 Å². The maximum Gasteiger partial charge on any atom is 0.492 e. The molecule has 0 aromatic heterocycles. The molecule has 0 radical (unpaired) electrons. The molecule has 1 unspecified atom stereocenters. The number of primary amides is 1. The number of hydrogen-bond donors (Lipinski definition) is 1. The van der Waals surface area contributed by atoms with Gasteiger partial charge in [0.1, 0.15) is 5.78 Å². The molecule has 0 aromatic rings. The van der Waals surface area contributed by atoms with Crippen molar-refractivity contribution in [1.29, 1.82) is 0 Å². The summed E-state index contributed by atoms with van der Waals surface area (Å²) in [4.78, 5) is 37.3. The van der Waals surface area contributed by atoms with Gasteiger partial charge in [0, 0.05) is 13.1 Å². The maximum atomic E-state index is 12.0. The molecular formula is C11H15F3N2O4. The number of nitrogens with zero attached hydrogens (tertiary/aromatic N) is 1. The molecule has 0 bridgehead atoms. The highest BCUT2D eigenvalue weighted by Gasteiger charge is 2.43. The minimum absolute atomic E-state index is 0.0174. The molecule has 1 rings (SSSR count). The number of Topliss-reactive ketones (excluding diaryl/α,β-unsaturated/α-hetero) is 1. The molecule has 1 heterocycles. The van der Waals surface area contributed by atoms with Gasteiger partial charge in [-0.25, -0.2) is 4.79 Å². The number of ketones is 1. The smallest absolute Gasteiger partial charge is 0.369 e. The molecule has 114 valence electrons. The standard InChI is InChI=1S/C11H15F3N2O4/c1-6(17)8(9(15)18)7-2-4-16(5-3-7)20-10(19)11(12,13)14/h7-8H,2-5H2,1H3,(H2,15,18). The Morgan fingerprint density at radius 2 is 1.75 bits per heavy atom. The van der Waals surface area contributed by atoms with Crippen LogP contribution in [0.25, 0.3) is 0 Å². The van der Waals surface area contributed by atoms with Crippen molar-refractivity contribution >= 4 is 17.7 Å². The van der Waals surface area contributed by atoms with E-state index in [9.17, 15) is 27.6 Å².